The first-order valence-corrected chi connectivity index (χ1v) is 8.97. The first-order valence-electron chi connectivity index (χ1n) is 6.32. The third-order valence-corrected chi connectivity index (χ3v) is 6.05. The maximum atomic E-state index is 12.3. The first kappa shape index (κ1) is 15.8. The second-order valence-corrected chi connectivity index (χ2v) is 7.67. The summed E-state index contributed by atoms with van der Waals surface area (Å²) in [4.78, 5) is 0.0721. The third-order valence-electron chi connectivity index (χ3n) is 3.19. The molecule has 4 nitrogen and oxygen atoms in total. The fourth-order valence-corrected chi connectivity index (χ4v) is 4.49. The predicted octanol–water partition coefficient (Wildman–Crippen LogP) is 3.46. The number of halogens is 2. The minimum Gasteiger partial charge on any atom is -0.398 e. The Morgan fingerprint density at radius 1 is 1.40 bits per heavy atom. The number of anilines is 1. The van der Waals surface area contributed by atoms with Crippen molar-refractivity contribution in [2.24, 2.45) is 0 Å². The quantitative estimate of drug-likeness (QED) is 0.608. The van der Waals surface area contributed by atoms with Crippen LogP contribution in [0.5, 0.6) is 0 Å². The van der Waals surface area contributed by atoms with Crippen LogP contribution in [0.3, 0.4) is 0 Å². The van der Waals surface area contributed by atoms with E-state index >= 15 is 0 Å². The second kappa shape index (κ2) is 6.47. The molecule has 20 heavy (non-hydrogen) atoms. The van der Waals surface area contributed by atoms with Gasteiger partial charge in [-0.2, -0.15) is 0 Å². The van der Waals surface area contributed by atoms with Gasteiger partial charge in [0.15, 0.2) is 0 Å². The van der Waals surface area contributed by atoms with Gasteiger partial charge in [-0.15, -0.1) is 0 Å². The SMILES string of the molecule is Nc1cc(Cl)cc(S(=O)(=O)NCCC2=CCCC2)c1Br. The van der Waals surface area contributed by atoms with Gasteiger partial charge in [-0.3, -0.25) is 0 Å². The van der Waals surface area contributed by atoms with Gasteiger partial charge in [0.25, 0.3) is 0 Å². The van der Waals surface area contributed by atoms with Crippen molar-refractivity contribution < 1.29 is 8.42 Å². The molecule has 0 radical (unpaired) electrons. The van der Waals surface area contributed by atoms with Gasteiger partial charge in [-0.05, 0) is 53.7 Å². The summed E-state index contributed by atoms with van der Waals surface area (Å²) >= 11 is 9.06. The molecule has 2 rings (SSSR count). The molecule has 0 bridgehead atoms. The minimum atomic E-state index is -3.62. The second-order valence-electron chi connectivity index (χ2n) is 4.71. The molecule has 0 saturated heterocycles. The molecule has 1 aliphatic rings. The molecule has 110 valence electrons. The molecule has 0 saturated carbocycles. The Labute approximate surface area is 132 Å². The highest BCUT2D eigenvalue weighted by Gasteiger charge is 2.20. The van der Waals surface area contributed by atoms with Crippen LogP contribution in [-0.4, -0.2) is 15.0 Å². The molecular weight excluding hydrogens is 364 g/mol. The van der Waals surface area contributed by atoms with E-state index < -0.39 is 10.0 Å². The van der Waals surface area contributed by atoms with Crippen molar-refractivity contribution >= 4 is 43.2 Å². The van der Waals surface area contributed by atoms with Gasteiger partial charge in [-0.1, -0.05) is 23.3 Å². The monoisotopic (exact) mass is 378 g/mol. The molecule has 0 spiro atoms. The van der Waals surface area contributed by atoms with Crippen LogP contribution in [-0.2, 0) is 10.0 Å². The van der Waals surface area contributed by atoms with E-state index in [0.29, 0.717) is 21.7 Å². The number of hydrogen-bond donors (Lipinski definition) is 2. The van der Waals surface area contributed by atoms with Crippen LogP contribution in [0, 0.1) is 0 Å². The van der Waals surface area contributed by atoms with Crippen molar-refractivity contribution in [3.05, 3.63) is 33.3 Å². The molecule has 1 aliphatic carbocycles. The van der Waals surface area contributed by atoms with Crippen LogP contribution in [0.15, 0.2) is 33.2 Å². The molecule has 3 N–H and O–H groups in total. The van der Waals surface area contributed by atoms with Gasteiger partial charge in [0.2, 0.25) is 10.0 Å². The zero-order valence-electron chi connectivity index (χ0n) is 10.8. The number of nitrogens with two attached hydrogens (primary N) is 1. The highest BCUT2D eigenvalue weighted by atomic mass is 79.9. The summed E-state index contributed by atoms with van der Waals surface area (Å²) in [6.45, 7) is 0.382. The molecule has 0 amide bonds. The van der Waals surface area contributed by atoms with Gasteiger partial charge >= 0.3 is 0 Å². The molecule has 0 fully saturated rings. The molecule has 7 heteroatoms. The third kappa shape index (κ3) is 3.75. The van der Waals surface area contributed by atoms with E-state index in [9.17, 15) is 8.42 Å². The fraction of sp³-hybridized carbons (Fsp3) is 0.385. The number of nitrogens with one attached hydrogen (secondary N) is 1. The largest absolute Gasteiger partial charge is 0.398 e. The maximum Gasteiger partial charge on any atom is 0.241 e. The lowest BCUT2D eigenvalue weighted by Gasteiger charge is -2.11. The van der Waals surface area contributed by atoms with Gasteiger partial charge in [0, 0.05) is 17.3 Å². The minimum absolute atomic E-state index is 0.0721. The number of rotatable bonds is 5. The lowest BCUT2D eigenvalue weighted by molar-refractivity contribution is 0.580. The van der Waals surface area contributed by atoms with Crippen LogP contribution in [0.4, 0.5) is 5.69 Å². The van der Waals surface area contributed by atoms with Crippen LogP contribution >= 0.6 is 27.5 Å². The number of allylic oxidation sites excluding steroid dienone is 1. The summed E-state index contributed by atoms with van der Waals surface area (Å²) in [6, 6.07) is 2.90. The Morgan fingerprint density at radius 2 is 2.15 bits per heavy atom. The highest BCUT2D eigenvalue weighted by Crippen LogP contribution is 2.31. The van der Waals surface area contributed by atoms with Crippen molar-refractivity contribution in [3.8, 4) is 0 Å². The summed E-state index contributed by atoms with van der Waals surface area (Å²) in [6.07, 6.45) is 6.25. The standard InChI is InChI=1S/C13H16BrClN2O2S/c14-13-11(16)7-10(15)8-12(13)20(18,19)17-6-5-9-3-1-2-4-9/h3,7-8,17H,1-2,4-6,16H2. The molecule has 0 unspecified atom stereocenters. The predicted molar refractivity (Wildman–Crippen MR) is 85.3 cm³/mol. The molecule has 1 aromatic rings. The van der Waals surface area contributed by atoms with E-state index in [2.05, 4.69) is 26.7 Å². The van der Waals surface area contributed by atoms with Crippen LogP contribution in [0.25, 0.3) is 0 Å². The average Bonchev–Trinajstić information content (AvgIpc) is 2.86. The van der Waals surface area contributed by atoms with Crippen molar-refractivity contribution in [1.82, 2.24) is 4.72 Å². The van der Waals surface area contributed by atoms with Crippen molar-refractivity contribution in [3.63, 3.8) is 0 Å². The van der Waals surface area contributed by atoms with E-state index in [1.165, 1.54) is 24.1 Å². The van der Waals surface area contributed by atoms with Gasteiger partial charge in [-0.25, -0.2) is 13.1 Å². The Hall–Kier alpha value is -0.560. The molecule has 0 aliphatic heterocycles. The Morgan fingerprint density at radius 3 is 2.80 bits per heavy atom. The smallest absolute Gasteiger partial charge is 0.241 e. The number of hydrogen-bond acceptors (Lipinski definition) is 3. The summed E-state index contributed by atoms with van der Waals surface area (Å²) in [5.41, 5.74) is 7.33. The van der Waals surface area contributed by atoms with Gasteiger partial charge < -0.3 is 5.73 Å². The molecule has 0 atom stereocenters. The lowest BCUT2D eigenvalue weighted by atomic mass is 10.2. The summed E-state index contributed by atoms with van der Waals surface area (Å²) in [7, 11) is -3.62. The van der Waals surface area contributed by atoms with E-state index in [1.807, 2.05) is 0 Å². The fourth-order valence-electron chi connectivity index (χ4n) is 2.17. The zero-order valence-corrected chi connectivity index (χ0v) is 14.0. The maximum absolute atomic E-state index is 12.3. The molecule has 0 aromatic heterocycles. The van der Waals surface area contributed by atoms with Crippen molar-refractivity contribution in [2.45, 2.75) is 30.6 Å². The Balaban J connectivity index is 2.10. The highest BCUT2D eigenvalue weighted by molar-refractivity contribution is 9.10. The van der Waals surface area contributed by atoms with E-state index in [1.54, 1.807) is 0 Å². The van der Waals surface area contributed by atoms with Crippen LogP contribution in [0.1, 0.15) is 25.7 Å². The van der Waals surface area contributed by atoms with Gasteiger partial charge in [0.1, 0.15) is 0 Å². The van der Waals surface area contributed by atoms with Crippen LogP contribution in [0.2, 0.25) is 5.02 Å². The summed E-state index contributed by atoms with van der Waals surface area (Å²) < 4.78 is 27.4. The van der Waals surface area contributed by atoms with Gasteiger partial charge in [0.05, 0.1) is 9.37 Å². The number of benzene rings is 1. The number of sulfonamides is 1. The number of nitrogen functional groups attached to an aromatic ring is 1. The lowest BCUT2D eigenvalue weighted by Crippen LogP contribution is -2.25. The van der Waals surface area contributed by atoms with Crippen LogP contribution < -0.4 is 10.5 Å². The summed E-state index contributed by atoms with van der Waals surface area (Å²) in [5.74, 6) is 0. The van der Waals surface area contributed by atoms with E-state index in [4.69, 9.17) is 17.3 Å². The molecule has 0 heterocycles. The van der Waals surface area contributed by atoms with Crippen molar-refractivity contribution in [1.29, 1.82) is 0 Å². The van der Waals surface area contributed by atoms with E-state index in [-0.39, 0.29) is 4.90 Å². The Kier molecular flexibility index (Phi) is 5.12. The topological polar surface area (TPSA) is 72.2 Å². The molecular formula is C13H16BrClN2O2S. The van der Waals surface area contributed by atoms with E-state index in [0.717, 1.165) is 19.3 Å². The normalized spacial score (nSPS) is 15.4. The Bertz CT molecular complexity index is 644. The first-order chi connectivity index (χ1) is 9.40. The molecule has 1 aromatic carbocycles. The average molecular weight is 380 g/mol. The summed E-state index contributed by atoms with van der Waals surface area (Å²) in [5, 5.41) is 0.296. The van der Waals surface area contributed by atoms with Crippen molar-refractivity contribution in [2.75, 3.05) is 12.3 Å². The zero-order chi connectivity index (χ0) is 14.8.